The maximum absolute atomic E-state index is 12.0. The van der Waals surface area contributed by atoms with E-state index in [1.54, 1.807) is 24.3 Å². The molecule has 0 fully saturated rings. The number of rotatable bonds is 4. The van der Waals surface area contributed by atoms with Crippen LogP contribution in [-0.4, -0.2) is 19.7 Å². The van der Waals surface area contributed by atoms with Gasteiger partial charge in [-0.2, -0.15) is 4.98 Å². The highest BCUT2D eigenvalue weighted by Crippen LogP contribution is 2.21. The van der Waals surface area contributed by atoms with Crippen LogP contribution in [0.4, 0.5) is 0 Å². The van der Waals surface area contributed by atoms with Gasteiger partial charge in [0.25, 0.3) is 5.89 Å². The van der Waals surface area contributed by atoms with E-state index in [-0.39, 0.29) is 0 Å². The van der Waals surface area contributed by atoms with Crippen LogP contribution in [0.1, 0.15) is 23.9 Å². The van der Waals surface area contributed by atoms with Crippen molar-refractivity contribution in [3.63, 3.8) is 0 Å². The van der Waals surface area contributed by atoms with E-state index < -0.39 is 11.1 Å². The lowest BCUT2D eigenvalue weighted by molar-refractivity contribution is 0.411. The molecule has 7 heteroatoms. The average molecular weight is 374 g/mol. The molecule has 2 aromatic heterocycles. The summed E-state index contributed by atoms with van der Waals surface area (Å²) in [5.74, 6) is 0.781. The van der Waals surface area contributed by atoms with Crippen molar-refractivity contribution in [1.82, 2.24) is 19.7 Å². The Kier molecular flexibility index (Phi) is 4.49. The van der Waals surface area contributed by atoms with Crippen molar-refractivity contribution in [2.45, 2.75) is 20.4 Å². The van der Waals surface area contributed by atoms with Gasteiger partial charge in [-0.3, -0.25) is 9.59 Å². The van der Waals surface area contributed by atoms with Crippen molar-refractivity contribution in [3.8, 4) is 11.4 Å². The highest BCUT2D eigenvalue weighted by molar-refractivity contribution is 5.80. The van der Waals surface area contributed by atoms with Gasteiger partial charge in [-0.1, -0.05) is 35.0 Å². The van der Waals surface area contributed by atoms with E-state index >= 15 is 0 Å². The molecule has 0 aliphatic heterocycles. The minimum atomic E-state index is -0.652. The number of aromatic amines is 1. The van der Waals surface area contributed by atoms with Crippen LogP contribution in [0.15, 0.2) is 56.6 Å². The smallest absolute Gasteiger partial charge is 0.316 e. The first-order valence-corrected chi connectivity index (χ1v) is 8.91. The third-order valence-electron chi connectivity index (χ3n) is 4.49. The first-order valence-electron chi connectivity index (χ1n) is 8.91. The summed E-state index contributed by atoms with van der Waals surface area (Å²) in [6.07, 6.45) is 3.65. The van der Waals surface area contributed by atoms with Gasteiger partial charge in [0, 0.05) is 18.2 Å². The molecule has 4 aromatic rings. The molecule has 0 saturated heterocycles. The fraction of sp³-hybridized carbons (Fsp3) is 0.143. The largest absolute Gasteiger partial charge is 0.334 e. The monoisotopic (exact) mass is 374 g/mol. The number of hydrogen-bond acceptors (Lipinski definition) is 5. The van der Waals surface area contributed by atoms with Gasteiger partial charge < -0.3 is 14.1 Å². The van der Waals surface area contributed by atoms with E-state index in [9.17, 15) is 9.59 Å². The number of benzene rings is 2. The third-order valence-corrected chi connectivity index (χ3v) is 4.49. The minimum Gasteiger partial charge on any atom is -0.334 e. The van der Waals surface area contributed by atoms with Crippen molar-refractivity contribution in [1.29, 1.82) is 0 Å². The molecule has 0 saturated carbocycles. The lowest BCUT2D eigenvalue weighted by Gasteiger charge is -2.07. The van der Waals surface area contributed by atoms with E-state index in [1.165, 1.54) is 10.1 Å². The molecular weight excluding hydrogens is 356 g/mol. The molecule has 0 aliphatic carbocycles. The first-order chi connectivity index (χ1) is 13.5. The van der Waals surface area contributed by atoms with E-state index in [1.807, 2.05) is 44.2 Å². The molecule has 0 bridgehead atoms. The van der Waals surface area contributed by atoms with Crippen LogP contribution < -0.4 is 11.1 Å². The van der Waals surface area contributed by atoms with Gasteiger partial charge in [-0.25, -0.2) is 0 Å². The second kappa shape index (κ2) is 7.11. The Morgan fingerprint density at radius 2 is 1.89 bits per heavy atom. The molecule has 0 radical (unpaired) electrons. The maximum Gasteiger partial charge on any atom is 0.316 e. The number of nitrogens with zero attached hydrogens (tertiary/aromatic N) is 3. The van der Waals surface area contributed by atoms with Crippen LogP contribution in [0.3, 0.4) is 0 Å². The van der Waals surface area contributed by atoms with Crippen molar-refractivity contribution in [2.24, 2.45) is 0 Å². The van der Waals surface area contributed by atoms with Crippen LogP contribution in [0, 0.1) is 6.92 Å². The Balaban J connectivity index is 1.67. The lowest BCUT2D eigenvalue weighted by Crippen LogP contribution is -2.35. The van der Waals surface area contributed by atoms with Gasteiger partial charge in [-0.15, -0.1) is 0 Å². The fourth-order valence-electron chi connectivity index (χ4n) is 3.00. The highest BCUT2D eigenvalue weighted by Gasteiger charge is 2.11. The van der Waals surface area contributed by atoms with E-state index in [0.717, 1.165) is 5.56 Å². The zero-order chi connectivity index (χ0) is 19.7. The molecule has 0 unspecified atom stereocenters. The average Bonchev–Trinajstić information content (AvgIpc) is 3.17. The number of aromatic nitrogens is 4. The van der Waals surface area contributed by atoms with Crippen molar-refractivity contribution in [2.75, 3.05) is 0 Å². The van der Waals surface area contributed by atoms with Crippen LogP contribution in [0.5, 0.6) is 0 Å². The highest BCUT2D eigenvalue weighted by atomic mass is 16.5. The summed E-state index contributed by atoms with van der Waals surface area (Å²) in [4.78, 5) is 30.8. The van der Waals surface area contributed by atoms with Crippen LogP contribution in [0.2, 0.25) is 0 Å². The second-order valence-corrected chi connectivity index (χ2v) is 6.44. The molecule has 0 spiro atoms. The van der Waals surface area contributed by atoms with Crippen LogP contribution in [-0.2, 0) is 6.54 Å². The quantitative estimate of drug-likeness (QED) is 0.554. The summed E-state index contributed by atoms with van der Waals surface area (Å²) < 4.78 is 6.72. The molecule has 0 aliphatic rings. The zero-order valence-corrected chi connectivity index (χ0v) is 15.5. The van der Waals surface area contributed by atoms with Crippen LogP contribution >= 0.6 is 0 Å². The number of H-pyrrole nitrogens is 1. The predicted octanol–water partition coefficient (Wildman–Crippen LogP) is 3.24. The van der Waals surface area contributed by atoms with Gasteiger partial charge in [0.1, 0.15) is 0 Å². The third kappa shape index (κ3) is 3.29. The Bertz CT molecular complexity index is 1290. The van der Waals surface area contributed by atoms with E-state index in [2.05, 4.69) is 15.1 Å². The van der Waals surface area contributed by atoms with Crippen molar-refractivity contribution < 1.29 is 4.52 Å². The van der Waals surface area contributed by atoms with Crippen molar-refractivity contribution in [3.05, 3.63) is 80.2 Å². The molecule has 7 nitrogen and oxygen atoms in total. The SMILES string of the molecule is CCn1c(=O)c(=O)[nH]c2cc(-c3noc(C=Cc4ccc(C)cc4)n3)ccc21. The van der Waals surface area contributed by atoms with E-state index in [0.29, 0.717) is 34.9 Å². The summed E-state index contributed by atoms with van der Waals surface area (Å²) in [5, 5.41) is 4.00. The molecule has 0 atom stereocenters. The van der Waals surface area contributed by atoms with E-state index in [4.69, 9.17) is 4.52 Å². The number of aryl methyl sites for hydroxylation is 2. The molecule has 4 rings (SSSR count). The van der Waals surface area contributed by atoms with Gasteiger partial charge >= 0.3 is 11.1 Å². The normalized spacial score (nSPS) is 11.5. The van der Waals surface area contributed by atoms with Gasteiger partial charge in [0.15, 0.2) is 0 Å². The number of nitrogens with one attached hydrogen (secondary N) is 1. The minimum absolute atomic E-state index is 0.377. The Morgan fingerprint density at radius 1 is 1.11 bits per heavy atom. The van der Waals surface area contributed by atoms with Gasteiger partial charge in [-0.05, 0) is 43.7 Å². The standard InChI is InChI=1S/C21H18N4O3/c1-3-25-17-10-9-15(12-16(17)22-20(26)21(25)27)19-23-18(28-24-19)11-8-14-6-4-13(2)5-7-14/h4-12H,3H2,1-2H3,(H,22,26). The Morgan fingerprint density at radius 3 is 2.64 bits per heavy atom. The summed E-state index contributed by atoms with van der Waals surface area (Å²) in [6, 6.07) is 13.4. The molecule has 1 N–H and O–H groups in total. The Hall–Kier alpha value is -3.74. The summed E-state index contributed by atoms with van der Waals surface area (Å²) in [7, 11) is 0. The molecule has 28 heavy (non-hydrogen) atoms. The summed E-state index contributed by atoms with van der Waals surface area (Å²) in [6.45, 7) is 4.27. The maximum atomic E-state index is 12.0. The fourth-order valence-corrected chi connectivity index (χ4v) is 3.00. The lowest BCUT2D eigenvalue weighted by atomic mass is 10.1. The first kappa shape index (κ1) is 17.7. The summed E-state index contributed by atoms with van der Waals surface area (Å²) >= 11 is 0. The molecule has 2 aromatic carbocycles. The van der Waals surface area contributed by atoms with Crippen molar-refractivity contribution >= 4 is 23.2 Å². The molecule has 2 heterocycles. The second-order valence-electron chi connectivity index (χ2n) is 6.44. The summed E-state index contributed by atoms with van der Waals surface area (Å²) in [5.41, 5.74) is 2.89. The molecular formula is C21H18N4O3. The topological polar surface area (TPSA) is 93.8 Å². The zero-order valence-electron chi connectivity index (χ0n) is 15.5. The Labute approximate surface area is 160 Å². The van der Waals surface area contributed by atoms with Crippen LogP contribution in [0.25, 0.3) is 34.6 Å². The number of hydrogen-bond donors (Lipinski definition) is 1. The molecule has 140 valence electrons. The number of fused-ring (bicyclic) bond motifs is 1. The molecule has 0 amide bonds. The predicted molar refractivity (Wildman–Crippen MR) is 108 cm³/mol. The van der Waals surface area contributed by atoms with Gasteiger partial charge in [0.05, 0.1) is 11.0 Å². The van der Waals surface area contributed by atoms with Gasteiger partial charge in [0.2, 0.25) is 5.82 Å².